The SMILES string of the molecule is CC1(C)CC(NC(=O)c2cccnc2OCc2ccccc2F)CCO1. The molecule has 1 aliphatic rings. The van der Waals surface area contributed by atoms with Gasteiger partial charge in [-0.3, -0.25) is 4.79 Å². The topological polar surface area (TPSA) is 60.5 Å². The van der Waals surface area contributed by atoms with Crippen LogP contribution in [0, 0.1) is 5.82 Å². The summed E-state index contributed by atoms with van der Waals surface area (Å²) in [7, 11) is 0. The molecule has 0 bridgehead atoms. The van der Waals surface area contributed by atoms with E-state index in [1.54, 1.807) is 36.5 Å². The van der Waals surface area contributed by atoms with Crippen molar-refractivity contribution in [2.75, 3.05) is 6.61 Å². The summed E-state index contributed by atoms with van der Waals surface area (Å²) in [5.41, 5.74) is 0.499. The minimum atomic E-state index is -0.348. The van der Waals surface area contributed by atoms with Gasteiger partial charge in [-0.1, -0.05) is 18.2 Å². The molecule has 2 aromatic rings. The number of halogens is 1. The van der Waals surface area contributed by atoms with Gasteiger partial charge in [-0.15, -0.1) is 0 Å². The van der Waals surface area contributed by atoms with Crippen LogP contribution in [0.5, 0.6) is 5.88 Å². The van der Waals surface area contributed by atoms with Crippen LogP contribution in [0.3, 0.4) is 0 Å². The fourth-order valence-electron chi connectivity index (χ4n) is 3.06. The summed E-state index contributed by atoms with van der Waals surface area (Å²) in [6.07, 6.45) is 3.05. The molecule has 1 aromatic heterocycles. The first-order chi connectivity index (χ1) is 12.4. The Balaban J connectivity index is 1.68. The van der Waals surface area contributed by atoms with Crippen LogP contribution in [0.1, 0.15) is 42.6 Å². The quantitative estimate of drug-likeness (QED) is 0.889. The average molecular weight is 358 g/mol. The van der Waals surface area contributed by atoms with Gasteiger partial charge in [0.25, 0.3) is 5.91 Å². The van der Waals surface area contributed by atoms with Crippen LogP contribution in [0.4, 0.5) is 4.39 Å². The molecule has 5 nitrogen and oxygen atoms in total. The number of rotatable bonds is 5. The molecule has 0 aliphatic carbocycles. The highest BCUT2D eigenvalue weighted by Crippen LogP contribution is 2.25. The van der Waals surface area contributed by atoms with Gasteiger partial charge in [-0.05, 0) is 44.9 Å². The molecule has 1 amide bonds. The summed E-state index contributed by atoms with van der Waals surface area (Å²) >= 11 is 0. The fraction of sp³-hybridized carbons (Fsp3) is 0.400. The second-order valence-corrected chi connectivity index (χ2v) is 7.01. The second-order valence-electron chi connectivity index (χ2n) is 7.01. The van der Waals surface area contributed by atoms with Gasteiger partial charge in [0, 0.05) is 24.4 Å². The molecular formula is C20H23FN2O3. The molecule has 1 unspecified atom stereocenters. The first-order valence-corrected chi connectivity index (χ1v) is 8.71. The minimum Gasteiger partial charge on any atom is -0.472 e. The highest BCUT2D eigenvalue weighted by molar-refractivity contribution is 5.96. The highest BCUT2D eigenvalue weighted by Gasteiger charge is 2.30. The van der Waals surface area contributed by atoms with Gasteiger partial charge in [0.05, 0.1) is 5.60 Å². The van der Waals surface area contributed by atoms with E-state index in [4.69, 9.17) is 9.47 Å². The predicted molar refractivity (Wildman–Crippen MR) is 95.5 cm³/mol. The normalized spacial score (nSPS) is 19.0. The summed E-state index contributed by atoms with van der Waals surface area (Å²) < 4.78 is 25.0. The molecule has 1 fully saturated rings. The number of nitrogens with one attached hydrogen (secondary N) is 1. The molecule has 1 aliphatic heterocycles. The monoisotopic (exact) mass is 358 g/mol. The van der Waals surface area contributed by atoms with Crippen LogP contribution in [0.15, 0.2) is 42.6 Å². The van der Waals surface area contributed by atoms with E-state index in [9.17, 15) is 9.18 Å². The Labute approximate surface area is 152 Å². The Kier molecular flexibility index (Phi) is 5.52. The number of pyridine rings is 1. The van der Waals surface area contributed by atoms with E-state index in [1.807, 2.05) is 13.8 Å². The Morgan fingerprint density at radius 2 is 2.15 bits per heavy atom. The molecule has 138 valence electrons. The van der Waals surface area contributed by atoms with Crippen LogP contribution in [0.25, 0.3) is 0 Å². The zero-order chi connectivity index (χ0) is 18.6. The lowest BCUT2D eigenvalue weighted by Crippen LogP contribution is -2.45. The summed E-state index contributed by atoms with van der Waals surface area (Å²) in [5, 5.41) is 3.03. The predicted octanol–water partition coefficient (Wildman–Crippen LogP) is 3.49. The van der Waals surface area contributed by atoms with Crippen LogP contribution < -0.4 is 10.1 Å². The Hall–Kier alpha value is -2.47. The van der Waals surface area contributed by atoms with E-state index in [2.05, 4.69) is 10.3 Å². The number of hydrogen-bond acceptors (Lipinski definition) is 4. The number of carbonyl (C=O) groups excluding carboxylic acids is 1. The molecule has 0 radical (unpaired) electrons. The lowest BCUT2D eigenvalue weighted by Gasteiger charge is -2.35. The standard InChI is InChI=1S/C20H23FN2O3/c1-20(2)12-15(9-11-26-20)23-18(24)16-7-5-10-22-19(16)25-13-14-6-3-4-8-17(14)21/h3-8,10,15H,9,11-13H2,1-2H3,(H,23,24). The third-order valence-electron chi connectivity index (χ3n) is 4.37. The molecule has 0 saturated carbocycles. The summed E-state index contributed by atoms with van der Waals surface area (Å²) in [5.74, 6) is -0.400. The number of hydrogen-bond donors (Lipinski definition) is 1. The lowest BCUT2D eigenvalue weighted by molar-refractivity contribution is -0.0615. The molecule has 1 saturated heterocycles. The molecule has 3 rings (SSSR count). The van der Waals surface area contributed by atoms with Gasteiger partial charge in [-0.2, -0.15) is 0 Å². The Morgan fingerprint density at radius 1 is 1.35 bits per heavy atom. The van der Waals surface area contributed by atoms with Gasteiger partial charge >= 0.3 is 0 Å². The number of aromatic nitrogens is 1. The minimum absolute atomic E-state index is 0.00820. The van der Waals surface area contributed by atoms with Crippen molar-refractivity contribution in [2.45, 2.75) is 44.9 Å². The third kappa shape index (κ3) is 4.58. The molecule has 1 aromatic carbocycles. The zero-order valence-electron chi connectivity index (χ0n) is 15.0. The zero-order valence-corrected chi connectivity index (χ0v) is 15.0. The maximum absolute atomic E-state index is 13.7. The molecule has 6 heteroatoms. The molecule has 1 N–H and O–H groups in total. The van der Waals surface area contributed by atoms with E-state index in [0.29, 0.717) is 17.7 Å². The van der Waals surface area contributed by atoms with Gasteiger partial charge in [0.15, 0.2) is 0 Å². The van der Waals surface area contributed by atoms with Crippen LogP contribution in [0.2, 0.25) is 0 Å². The van der Waals surface area contributed by atoms with Crippen molar-refractivity contribution in [3.8, 4) is 5.88 Å². The van der Waals surface area contributed by atoms with E-state index in [0.717, 1.165) is 12.8 Å². The number of ether oxygens (including phenoxy) is 2. The molecule has 1 atom stereocenters. The first-order valence-electron chi connectivity index (χ1n) is 8.71. The maximum atomic E-state index is 13.7. The van der Waals surface area contributed by atoms with Crippen LogP contribution in [-0.2, 0) is 11.3 Å². The van der Waals surface area contributed by atoms with Crippen molar-refractivity contribution in [3.63, 3.8) is 0 Å². The number of benzene rings is 1. The van der Waals surface area contributed by atoms with Crippen molar-refractivity contribution < 1.29 is 18.7 Å². The number of amides is 1. The van der Waals surface area contributed by atoms with E-state index in [1.165, 1.54) is 6.07 Å². The van der Waals surface area contributed by atoms with Crippen LogP contribution >= 0.6 is 0 Å². The molecule has 0 spiro atoms. The van der Waals surface area contributed by atoms with E-state index < -0.39 is 0 Å². The fourth-order valence-corrected chi connectivity index (χ4v) is 3.06. The Bertz CT molecular complexity index is 779. The number of carbonyl (C=O) groups is 1. The van der Waals surface area contributed by atoms with Gasteiger partial charge in [0.2, 0.25) is 5.88 Å². The summed E-state index contributed by atoms with van der Waals surface area (Å²) in [6.45, 7) is 4.65. The van der Waals surface area contributed by atoms with Crippen molar-refractivity contribution in [3.05, 3.63) is 59.5 Å². The van der Waals surface area contributed by atoms with Crippen molar-refractivity contribution in [2.24, 2.45) is 0 Å². The molecule has 26 heavy (non-hydrogen) atoms. The van der Waals surface area contributed by atoms with Crippen molar-refractivity contribution in [1.82, 2.24) is 10.3 Å². The molecular weight excluding hydrogens is 335 g/mol. The van der Waals surface area contributed by atoms with E-state index >= 15 is 0 Å². The van der Waals surface area contributed by atoms with Crippen molar-refractivity contribution in [1.29, 1.82) is 0 Å². The largest absolute Gasteiger partial charge is 0.472 e. The molecule has 2 heterocycles. The Morgan fingerprint density at radius 3 is 2.92 bits per heavy atom. The van der Waals surface area contributed by atoms with Gasteiger partial charge in [-0.25, -0.2) is 9.37 Å². The maximum Gasteiger partial charge on any atom is 0.256 e. The second kappa shape index (κ2) is 7.83. The van der Waals surface area contributed by atoms with Crippen molar-refractivity contribution >= 4 is 5.91 Å². The summed E-state index contributed by atoms with van der Waals surface area (Å²) in [4.78, 5) is 16.8. The number of nitrogens with zero attached hydrogens (tertiary/aromatic N) is 1. The third-order valence-corrected chi connectivity index (χ3v) is 4.37. The smallest absolute Gasteiger partial charge is 0.256 e. The first kappa shape index (κ1) is 18.3. The highest BCUT2D eigenvalue weighted by atomic mass is 19.1. The lowest BCUT2D eigenvalue weighted by atomic mass is 9.94. The van der Waals surface area contributed by atoms with E-state index in [-0.39, 0.29) is 35.9 Å². The van der Waals surface area contributed by atoms with Gasteiger partial charge in [0.1, 0.15) is 18.0 Å². The average Bonchev–Trinajstić information content (AvgIpc) is 2.60. The van der Waals surface area contributed by atoms with Crippen LogP contribution in [-0.4, -0.2) is 29.1 Å². The van der Waals surface area contributed by atoms with Gasteiger partial charge < -0.3 is 14.8 Å². The summed E-state index contributed by atoms with van der Waals surface area (Å²) in [6, 6.07) is 9.74.